The monoisotopic (exact) mass is 266 g/mol. The van der Waals surface area contributed by atoms with Crippen LogP contribution in [-0.4, -0.2) is 59.1 Å². The highest BCUT2D eigenvalue weighted by atomic mass is 16.3. The predicted octanol–water partition coefficient (Wildman–Crippen LogP) is -1.92. The van der Waals surface area contributed by atoms with Gasteiger partial charge in [-0.3, -0.25) is 0 Å². The van der Waals surface area contributed by atoms with Crippen molar-refractivity contribution < 1.29 is 15.3 Å². The minimum Gasteiger partial charge on any atom is -0.396 e. The third-order valence-electron chi connectivity index (χ3n) is 3.61. The molecular formula is C10H14N6O3. The van der Waals surface area contributed by atoms with Gasteiger partial charge in [0.15, 0.2) is 17.0 Å². The van der Waals surface area contributed by atoms with Crippen LogP contribution in [-0.2, 0) is 0 Å². The number of aliphatic hydroxyl groups is 3. The van der Waals surface area contributed by atoms with Crippen LogP contribution in [0, 0.1) is 5.92 Å². The van der Waals surface area contributed by atoms with Crippen molar-refractivity contribution in [3.05, 3.63) is 6.33 Å². The van der Waals surface area contributed by atoms with Crippen molar-refractivity contribution in [1.82, 2.24) is 25.0 Å². The number of aliphatic hydroxyl groups excluding tert-OH is 3. The highest BCUT2D eigenvalue weighted by Gasteiger charge is 2.43. The molecule has 1 fully saturated rings. The first-order chi connectivity index (χ1) is 9.13. The maximum Gasteiger partial charge on any atom is 0.184 e. The van der Waals surface area contributed by atoms with Gasteiger partial charge in [-0.25, -0.2) is 14.6 Å². The molecule has 2 aromatic rings. The van der Waals surface area contributed by atoms with E-state index in [2.05, 4.69) is 20.3 Å². The molecule has 4 atom stereocenters. The second-order valence-electron chi connectivity index (χ2n) is 4.69. The molecule has 0 saturated heterocycles. The Labute approximate surface area is 107 Å². The molecule has 1 saturated carbocycles. The Morgan fingerprint density at radius 3 is 2.79 bits per heavy atom. The molecule has 9 heteroatoms. The summed E-state index contributed by atoms with van der Waals surface area (Å²) in [5.41, 5.74) is 6.43. The second-order valence-corrected chi connectivity index (χ2v) is 4.69. The van der Waals surface area contributed by atoms with Gasteiger partial charge in [0.2, 0.25) is 0 Å². The zero-order valence-electron chi connectivity index (χ0n) is 9.96. The molecule has 0 bridgehead atoms. The van der Waals surface area contributed by atoms with Crippen molar-refractivity contribution >= 4 is 17.0 Å². The van der Waals surface area contributed by atoms with Crippen LogP contribution in [0.4, 0.5) is 5.82 Å². The van der Waals surface area contributed by atoms with Gasteiger partial charge in [0.1, 0.15) is 12.4 Å². The second kappa shape index (κ2) is 4.37. The van der Waals surface area contributed by atoms with Gasteiger partial charge in [0.05, 0.1) is 12.1 Å². The molecule has 0 aliphatic heterocycles. The first-order valence-corrected chi connectivity index (χ1v) is 5.92. The predicted molar refractivity (Wildman–Crippen MR) is 63.8 cm³/mol. The Hall–Kier alpha value is -1.84. The van der Waals surface area contributed by atoms with Crippen LogP contribution >= 0.6 is 0 Å². The molecule has 0 aromatic carbocycles. The number of nitrogen functional groups attached to an aromatic ring is 1. The van der Waals surface area contributed by atoms with Crippen LogP contribution in [0.15, 0.2) is 6.33 Å². The zero-order chi connectivity index (χ0) is 13.6. The Kier molecular flexibility index (Phi) is 2.81. The summed E-state index contributed by atoms with van der Waals surface area (Å²) in [6.07, 6.45) is -0.341. The van der Waals surface area contributed by atoms with Crippen molar-refractivity contribution in [2.24, 2.45) is 5.92 Å². The molecule has 0 spiro atoms. The molecule has 5 N–H and O–H groups in total. The number of aromatic nitrogens is 5. The minimum absolute atomic E-state index is 0.196. The lowest BCUT2D eigenvalue weighted by atomic mass is 10.1. The number of nitrogens with zero attached hydrogens (tertiary/aromatic N) is 5. The van der Waals surface area contributed by atoms with Gasteiger partial charge in [0.25, 0.3) is 0 Å². The van der Waals surface area contributed by atoms with E-state index in [1.165, 1.54) is 11.0 Å². The molecule has 0 amide bonds. The molecule has 4 unspecified atom stereocenters. The normalized spacial score (nSPS) is 31.1. The fourth-order valence-electron chi connectivity index (χ4n) is 2.53. The van der Waals surface area contributed by atoms with Crippen molar-refractivity contribution in [2.45, 2.75) is 24.7 Å². The number of anilines is 1. The van der Waals surface area contributed by atoms with E-state index >= 15 is 0 Å². The van der Waals surface area contributed by atoms with Crippen molar-refractivity contribution in [1.29, 1.82) is 0 Å². The summed E-state index contributed by atoms with van der Waals surface area (Å²) in [6.45, 7) is -0.196. The molecule has 2 heterocycles. The molecule has 9 nitrogen and oxygen atoms in total. The topological polar surface area (TPSA) is 143 Å². The Bertz CT molecular complexity index is 602. The highest BCUT2D eigenvalue weighted by molar-refractivity contribution is 5.80. The molecule has 3 rings (SSSR count). The fourth-order valence-corrected chi connectivity index (χ4v) is 2.53. The van der Waals surface area contributed by atoms with Gasteiger partial charge in [-0.1, -0.05) is 5.21 Å². The zero-order valence-corrected chi connectivity index (χ0v) is 9.96. The quantitative estimate of drug-likeness (QED) is 0.492. The maximum absolute atomic E-state index is 10.0. The fraction of sp³-hybridized carbons (Fsp3) is 0.600. The van der Waals surface area contributed by atoms with E-state index in [-0.39, 0.29) is 12.4 Å². The van der Waals surface area contributed by atoms with Gasteiger partial charge in [-0.2, -0.15) is 0 Å². The summed E-state index contributed by atoms with van der Waals surface area (Å²) < 4.78 is 1.43. The summed E-state index contributed by atoms with van der Waals surface area (Å²) in [6, 6.07) is -0.494. The summed E-state index contributed by atoms with van der Waals surface area (Å²) >= 11 is 0. The van der Waals surface area contributed by atoms with Crippen LogP contribution < -0.4 is 5.73 Å². The van der Waals surface area contributed by atoms with Crippen molar-refractivity contribution in [3.8, 4) is 0 Å². The summed E-state index contributed by atoms with van der Waals surface area (Å²) in [7, 11) is 0. The van der Waals surface area contributed by atoms with Crippen molar-refractivity contribution in [3.63, 3.8) is 0 Å². The highest BCUT2D eigenvalue weighted by Crippen LogP contribution is 2.35. The summed E-state index contributed by atoms with van der Waals surface area (Å²) in [5, 5.41) is 36.8. The lowest BCUT2D eigenvalue weighted by Gasteiger charge is -2.16. The van der Waals surface area contributed by atoms with E-state index in [1.54, 1.807) is 0 Å². The molecule has 0 radical (unpaired) electrons. The van der Waals surface area contributed by atoms with Crippen LogP contribution in [0.3, 0.4) is 0 Å². The van der Waals surface area contributed by atoms with Gasteiger partial charge >= 0.3 is 0 Å². The first kappa shape index (κ1) is 12.2. The number of hydrogen-bond acceptors (Lipinski definition) is 8. The first-order valence-electron chi connectivity index (χ1n) is 5.92. The SMILES string of the molecule is Nc1ncnc2c1nnn2C1CC(CO)C(O)C1O. The number of nitrogens with two attached hydrogens (primary N) is 1. The van der Waals surface area contributed by atoms with E-state index in [1.807, 2.05) is 0 Å². The van der Waals surface area contributed by atoms with Crippen LogP contribution in [0.5, 0.6) is 0 Å². The lowest BCUT2D eigenvalue weighted by molar-refractivity contribution is -0.00511. The lowest BCUT2D eigenvalue weighted by Crippen LogP contribution is -2.30. The molecule has 2 aromatic heterocycles. The molecule has 102 valence electrons. The minimum atomic E-state index is -1.03. The molecule has 1 aliphatic rings. The number of rotatable bonds is 2. The van der Waals surface area contributed by atoms with Gasteiger partial charge in [0, 0.05) is 12.5 Å². The standard InChI is InChI=1S/C10H14N6O3/c11-9-6-10(13-3-12-9)16(15-14-6)5-1-4(2-17)7(18)8(5)19/h3-5,7-8,17-19H,1-2H2,(H2,11,12,13). The summed E-state index contributed by atoms with van der Waals surface area (Å²) in [4.78, 5) is 7.86. The van der Waals surface area contributed by atoms with Gasteiger partial charge < -0.3 is 21.1 Å². The molecular weight excluding hydrogens is 252 g/mol. The van der Waals surface area contributed by atoms with Crippen LogP contribution in [0.2, 0.25) is 0 Å². The number of hydrogen-bond donors (Lipinski definition) is 4. The van der Waals surface area contributed by atoms with Gasteiger partial charge in [-0.05, 0) is 6.42 Å². The van der Waals surface area contributed by atoms with E-state index < -0.39 is 24.2 Å². The van der Waals surface area contributed by atoms with E-state index in [9.17, 15) is 10.2 Å². The Morgan fingerprint density at radius 2 is 2.11 bits per heavy atom. The Balaban J connectivity index is 2.04. The largest absolute Gasteiger partial charge is 0.396 e. The van der Waals surface area contributed by atoms with Crippen molar-refractivity contribution in [2.75, 3.05) is 12.3 Å². The third-order valence-corrected chi connectivity index (χ3v) is 3.61. The smallest absolute Gasteiger partial charge is 0.184 e. The van der Waals surface area contributed by atoms with Crippen LogP contribution in [0.1, 0.15) is 12.5 Å². The average molecular weight is 266 g/mol. The van der Waals surface area contributed by atoms with Gasteiger partial charge in [-0.15, -0.1) is 5.10 Å². The van der Waals surface area contributed by atoms with E-state index in [0.29, 0.717) is 17.6 Å². The molecule has 1 aliphatic carbocycles. The average Bonchev–Trinajstić information content (AvgIpc) is 2.94. The Morgan fingerprint density at radius 1 is 1.32 bits per heavy atom. The molecule has 19 heavy (non-hydrogen) atoms. The van der Waals surface area contributed by atoms with Crippen LogP contribution in [0.25, 0.3) is 11.2 Å². The number of fused-ring (bicyclic) bond motifs is 1. The summed E-state index contributed by atoms with van der Waals surface area (Å²) in [5.74, 6) is -0.179. The van der Waals surface area contributed by atoms with E-state index in [0.717, 1.165) is 0 Å². The third kappa shape index (κ3) is 1.74. The maximum atomic E-state index is 10.0. The van der Waals surface area contributed by atoms with E-state index in [4.69, 9.17) is 10.8 Å².